The van der Waals surface area contributed by atoms with Gasteiger partial charge in [0.05, 0.1) is 29.7 Å². The van der Waals surface area contributed by atoms with Crippen LogP contribution in [0.1, 0.15) is 56.3 Å². The van der Waals surface area contributed by atoms with Crippen molar-refractivity contribution in [3.05, 3.63) is 70.8 Å². The zero-order chi connectivity index (χ0) is 29.0. The van der Waals surface area contributed by atoms with E-state index < -0.39 is 27.8 Å². The predicted molar refractivity (Wildman–Crippen MR) is 153 cm³/mol. The highest BCUT2D eigenvalue weighted by molar-refractivity contribution is 7.89. The first kappa shape index (κ1) is 29.9. The number of sulfonamides is 1. The maximum absolute atomic E-state index is 13.4. The molecule has 2 fully saturated rings. The molecule has 2 saturated heterocycles. The van der Waals surface area contributed by atoms with Gasteiger partial charge in [0.2, 0.25) is 10.0 Å². The van der Waals surface area contributed by atoms with Gasteiger partial charge in [-0.25, -0.2) is 8.42 Å². The van der Waals surface area contributed by atoms with Gasteiger partial charge in [-0.2, -0.15) is 4.31 Å². The van der Waals surface area contributed by atoms with Crippen molar-refractivity contribution in [2.24, 2.45) is 0 Å². The lowest BCUT2D eigenvalue weighted by Gasteiger charge is -2.28. The second-order valence-electron chi connectivity index (χ2n) is 10.4. The molecule has 1 atom stereocenters. The number of morpholine rings is 1. The van der Waals surface area contributed by atoms with Gasteiger partial charge in [-0.05, 0) is 54.4 Å². The van der Waals surface area contributed by atoms with Crippen molar-refractivity contribution in [3.63, 3.8) is 0 Å². The van der Waals surface area contributed by atoms with Crippen LogP contribution >= 0.6 is 0 Å². The fourth-order valence-electron chi connectivity index (χ4n) is 5.19. The minimum atomic E-state index is -3.72. The minimum Gasteiger partial charge on any atom is -0.507 e. The van der Waals surface area contributed by atoms with Gasteiger partial charge in [-0.3, -0.25) is 9.59 Å². The third-order valence-corrected chi connectivity index (χ3v) is 9.66. The number of aliphatic hydroxyl groups is 1. The summed E-state index contributed by atoms with van der Waals surface area (Å²) in [5, 5.41) is 11.4. The second-order valence-corrected chi connectivity index (χ2v) is 12.3. The minimum absolute atomic E-state index is 0.00521. The van der Waals surface area contributed by atoms with E-state index >= 15 is 0 Å². The maximum atomic E-state index is 13.4. The molecule has 40 heavy (non-hydrogen) atoms. The number of rotatable bonds is 10. The Morgan fingerprint density at radius 1 is 1.00 bits per heavy atom. The summed E-state index contributed by atoms with van der Waals surface area (Å²) in [6.45, 7) is 12.0. The van der Waals surface area contributed by atoms with E-state index in [1.165, 1.54) is 33.5 Å². The molecule has 0 aliphatic carbocycles. The third kappa shape index (κ3) is 6.00. The predicted octanol–water partition coefficient (Wildman–Crippen LogP) is 3.59. The van der Waals surface area contributed by atoms with Crippen molar-refractivity contribution < 1.29 is 27.9 Å². The summed E-state index contributed by atoms with van der Waals surface area (Å²) in [5.41, 5.74) is 2.13. The van der Waals surface area contributed by atoms with E-state index in [1.807, 2.05) is 38.1 Å². The Morgan fingerprint density at radius 3 is 2.15 bits per heavy atom. The summed E-state index contributed by atoms with van der Waals surface area (Å²) in [6, 6.07) is 12.8. The molecule has 9 nitrogen and oxygen atoms in total. The van der Waals surface area contributed by atoms with Gasteiger partial charge in [0.25, 0.3) is 11.7 Å². The molecule has 10 heteroatoms. The Bertz CT molecular complexity index is 1340. The molecule has 4 rings (SSSR count). The van der Waals surface area contributed by atoms with Crippen LogP contribution in [0, 0.1) is 0 Å². The summed E-state index contributed by atoms with van der Waals surface area (Å²) >= 11 is 0. The molecule has 1 amide bonds. The maximum Gasteiger partial charge on any atom is 0.295 e. The molecular formula is C30H39N3O6S. The Labute approximate surface area is 237 Å². The first-order valence-electron chi connectivity index (χ1n) is 13.9. The van der Waals surface area contributed by atoms with Crippen molar-refractivity contribution in [1.82, 2.24) is 14.1 Å². The number of hydrogen-bond donors (Lipinski definition) is 1. The molecular weight excluding hydrogens is 530 g/mol. The molecule has 2 aliphatic heterocycles. The van der Waals surface area contributed by atoms with Gasteiger partial charge in [-0.15, -0.1) is 0 Å². The van der Waals surface area contributed by atoms with E-state index in [-0.39, 0.29) is 34.9 Å². The Balaban J connectivity index is 1.73. The lowest BCUT2D eigenvalue weighted by molar-refractivity contribution is -0.140. The number of aliphatic hydroxyl groups excluding tert-OH is 1. The summed E-state index contributed by atoms with van der Waals surface area (Å²) in [7, 11) is -3.72. The fraction of sp³-hybridized carbons (Fsp3) is 0.467. The quantitative estimate of drug-likeness (QED) is 0.265. The topological polar surface area (TPSA) is 107 Å². The number of hydrogen-bond acceptors (Lipinski definition) is 7. The van der Waals surface area contributed by atoms with Crippen LogP contribution in [0.4, 0.5) is 0 Å². The van der Waals surface area contributed by atoms with E-state index in [1.54, 1.807) is 0 Å². The number of likely N-dealkylation sites (N-methyl/N-ethyl adjacent to an activating group) is 1. The van der Waals surface area contributed by atoms with Crippen LogP contribution in [0.3, 0.4) is 0 Å². The Morgan fingerprint density at radius 2 is 1.60 bits per heavy atom. The monoisotopic (exact) mass is 569 g/mol. The van der Waals surface area contributed by atoms with Crippen LogP contribution in [0.25, 0.3) is 5.76 Å². The normalized spacial score (nSPS) is 20.1. The summed E-state index contributed by atoms with van der Waals surface area (Å²) in [5.74, 6) is -1.41. The summed E-state index contributed by atoms with van der Waals surface area (Å²) < 4.78 is 32.7. The van der Waals surface area contributed by atoms with Gasteiger partial charge in [0.15, 0.2) is 0 Å². The number of carbonyl (C=O) groups excluding carboxylic acids is 2. The first-order chi connectivity index (χ1) is 19.1. The number of ether oxygens (including phenoxy) is 1. The van der Waals surface area contributed by atoms with Gasteiger partial charge >= 0.3 is 0 Å². The standard InChI is InChI=1S/C30H39N3O6S/c1-5-31(6-2)15-16-33-27(23-9-7-22(8-10-23)21(3)4)26(29(35)30(33)36)28(34)24-11-13-25(14-12-24)40(37,38)32-17-19-39-20-18-32/h7-14,21,27,34H,5-6,15-20H2,1-4H3/b28-26-. The first-order valence-corrected chi connectivity index (χ1v) is 15.3. The third-order valence-electron chi connectivity index (χ3n) is 7.75. The lowest BCUT2D eigenvalue weighted by atomic mass is 9.93. The number of carbonyl (C=O) groups is 2. The number of benzene rings is 2. The molecule has 2 aromatic rings. The van der Waals surface area contributed by atoms with Crippen LogP contribution in [0.15, 0.2) is 59.0 Å². The molecule has 0 saturated carbocycles. The molecule has 216 valence electrons. The number of likely N-dealkylation sites (tertiary alicyclic amines) is 1. The lowest BCUT2D eigenvalue weighted by Crippen LogP contribution is -2.40. The average Bonchev–Trinajstić information content (AvgIpc) is 3.23. The zero-order valence-corrected chi connectivity index (χ0v) is 24.5. The largest absolute Gasteiger partial charge is 0.507 e. The highest BCUT2D eigenvalue weighted by atomic mass is 32.2. The molecule has 0 bridgehead atoms. The smallest absolute Gasteiger partial charge is 0.295 e. The van der Waals surface area contributed by atoms with Gasteiger partial charge in [0.1, 0.15) is 5.76 Å². The molecule has 2 aromatic carbocycles. The van der Waals surface area contributed by atoms with Crippen LogP contribution in [-0.2, 0) is 24.3 Å². The van der Waals surface area contributed by atoms with E-state index in [9.17, 15) is 23.1 Å². The molecule has 1 unspecified atom stereocenters. The van der Waals surface area contributed by atoms with Gasteiger partial charge in [0, 0.05) is 31.7 Å². The Kier molecular flexibility index (Phi) is 9.45. The van der Waals surface area contributed by atoms with Crippen LogP contribution in [0.5, 0.6) is 0 Å². The van der Waals surface area contributed by atoms with Gasteiger partial charge < -0.3 is 19.6 Å². The Hall–Kier alpha value is -3.05. The molecule has 0 spiro atoms. The van der Waals surface area contributed by atoms with Gasteiger partial charge in [-0.1, -0.05) is 52.0 Å². The van der Waals surface area contributed by atoms with Crippen molar-refractivity contribution in [2.75, 3.05) is 52.5 Å². The number of ketones is 1. The van der Waals surface area contributed by atoms with Crippen molar-refractivity contribution in [3.8, 4) is 0 Å². The summed E-state index contributed by atoms with van der Waals surface area (Å²) in [6.07, 6.45) is 0. The molecule has 2 aliphatic rings. The highest BCUT2D eigenvalue weighted by Crippen LogP contribution is 2.39. The van der Waals surface area contributed by atoms with Crippen LogP contribution in [0.2, 0.25) is 0 Å². The summed E-state index contributed by atoms with van der Waals surface area (Å²) in [4.78, 5) is 30.4. The van der Waals surface area contributed by atoms with E-state index in [2.05, 4.69) is 18.7 Å². The van der Waals surface area contributed by atoms with E-state index in [0.717, 1.165) is 24.2 Å². The second kappa shape index (κ2) is 12.6. The molecule has 2 heterocycles. The van der Waals surface area contributed by atoms with Crippen molar-refractivity contribution >= 4 is 27.5 Å². The highest BCUT2D eigenvalue weighted by Gasteiger charge is 2.46. The van der Waals surface area contributed by atoms with E-state index in [0.29, 0.717) is 32.2 Å². The van der Waals surface area contributed by atoms with Crippen LogP contribution in [-0.4, -0.2) is 91.8 Å². The average molecular weight is 570 g/mol. The van der Waals surface area contributed by atoms with Crippen LogP contribution < -0.4 is 0 Å². The van der Waals surface area contributed by atoms with Crippen molar-refractivity contribution in [2.45, 2.75) is 44.6 Å². The molecule has 1 N–H and O–H groups in total. The number of nitrogens with zero attached hydrogens (tertiary/aromatic N) is 3. The number of Topliss-reactive ketones (excluding diaryl/α,β-unsaturated/α-hetero) is 1. The van der Waals surface area contributed by atoms with Crippen molar-refractivity contribution in [1.29, 1.82) is 0 Å². The fourth-order valence-corrected chi connectivity index (χ4v) is 6.59. The number of amides is 1. The zero-order valence-electron chi connectivity index (χ0n) is 23.7. The molecule has 0 radical (unpaired) electrons. The van der Waals surface area contributed by atoms with E-state index in [4.69, 9.17) is 4.74 Å². The SMILES string of the molecule is CCN(CC)CCN1C(=O)C(=O)/C(=C(\O)c2ccc(S(=O)(=O)N3CCOCC3)cc2)C1c1ccc(C(C)C)cc1. The molecule has 0 aromatic heterocycles.